The monoisotopic (exact) mass is 337 g/mol. The number of nitrogens with zero attached hydrogens (tertiary/aromatic N) is 4. The second kappa shape index (κ2) is 7.09. The molecule has 4 rings (SSSR count). The molecule has 0 unspecified atom stereocenters. The number of rotatable bonds is 3. The van der Waals surface area contributed by atoms with Gasteiger partial charge in [-0.15, -0.1) is 0 Å². The molecule has 0 spiro atoms. The van der Waals surface area contributed by atoms with Gasteiger partial charge in [0, 0.05) is 38.2 Å². The molecule has 0 aromatic carbocycles. The van der Waals surface area contributed by atoms with E-state index in [9.17, 15) is 4.79 Å². The van der Waals surface area contributed by atoms with Gasteiger partial charge in [0.1, 0.15) is 0 Å². The maximum absolute atomic E-state index is 12.9. The molecule has 25 heavy (non-hydrogen) atoms. The number of nitrogens with one attached hydrogen (secondary N) is 1. The first-order chi connectivity index (χ1) is 12.3. The molecule has 1 N–H and O–H groups in total. The Morgan fingerprint density at radius 3 is 2.64 bits per heavy atom. The molecular formula is C19H23N5O. The van der Waals surface area contributed by atoms with Crippen molar-refractivity contribution in [2.75, 3.05) is 29.9 Å². The van der Waals surface area contributed by atoms with Crippen LogP contribution in [0.5, 0.6) is 0 Å². The van der Waals surface area contributed by atoms with Crippen molar-refractivity contribution >= 4 is 17.5 Å². The third-order valence-corrected chi connectivity index (χ3v) is 5.04. The molecule has 0 aliphatic carbocycles. The number of hydrogen-bond acceptors (Lipinski definition) is 4. The molecule has 2 amide bonds. The van der Waals surface area contributed by atoms with E-state index >= 15 is 0 Å². The van der Waals surface area contributed by atoms with Crippen LogP contribution in [0.15, 0.2) is 42.9 Å². The summed E-state index contributed by atoms with van der Waals surface area (Å²) in [6.07, 6.45) is 9.74. The van der Waals surface area contributed by atoms with Gasteiger partial charge in [0.05, 0.1) is 11.7 Å². The van der Waals surface area contributed by atoms with Crippen LogP contribution in [0.2, 0.25) is 0 Å². The summed E-state index contributed by atoms with van der Waals surface area (Å²) in [6.45, 7) is 2.78. The van der Waals surface area contributed by atoms with Crippen molar-refractivity contribution < 1.29 is 4.79 Å². The summed E-state index contributed by atoms with van der Waals surface area (Å²) < 4.78 is 0. The van der Waals surface area contributed by atoms with Gasteiger partial charge in [-0.2, -0.15) is 0 Å². The molecule has 2 fully saturated rings. The summed E-state index contributed by atoms with van der Waals surface area (Å²) in [4.78, 5) is 25.7. The maximum atomic E-state index is 12.9. The first-order valence-electron chi connectivity index (χ1n) is 9.00. The predicted octanol–water partition coefficient (Wildman–Crippen LogP) is 3.45. The van der Waals surface area contributed by atoms with E-state index in [0.29, 0.717) is 0 Å². The van der Waals surface area contributed by atoms with E-state index in [-0.39, 0.29) is 12.1 Å². The van der Waals surface area contributed by atoms with Crippen molar-refractivity contribution in [3.05, 3.63) is 48.4 Å². The molecular weight excluding hydrogens is 314 g/mol. The summed E-state index contributed by atoms with van der Waals surface area (Å²) in [7, 11) is 0. The molecule has 0 bridgehead atoms. The zero-order valence-corrected chi connectivity index (χ0v) is 14.3. The zero-order chi connectivity index (χ0) is 17.1. The molecule has 2 saturated heterocycles. The summed E-state index contributed by atoms with van der Waals surface area (Å²) in [5.41, 5.74) is 1.95. The second-order valence-electron chi connectivity index (χ2n) is 6.63. The summed E-state index contributed by atoms with van der Waals surface area (Å²) in [6, 6.07) is 7.88. The Morgan fingerprint density at radius 1 is 1.04 bits per heavy atom. The second-order valence-corrected chi connectivity index (χ2v) is 6.63. The van der Waals surface area contributed by atoms with E-state index in [1.54, 1.807) is 18.6 Å². The van der Waals surface area contributed by atoms with Crippen molar-refractivity contribution in [1.82, 2.24) is 14.9 Å². The van der Waals surface area contributed by atoms with Gasteiger partial charge in [-0.3, -0.25) is 4.98 Å². The predicted molar refractivity (Wildman–Crippen MR) is 97.6 cm³/mol. The lowest BCUT2D eigenvalue weighted by molar-refractivity contribution is 0.207. The van der Waals surface area contributed by atoms with Gasteiger partial charge in [0.15, 0.2) is 5.82 Å². The van der Waals surface area contributed by atoms with Crippen molar-refractivity contribution in [1.29, 1.82) is 0 Å². The Morgan fingerprint density at radius 2 is 1.84 bits per heavy atom. The van der Waals surface area contributed by atoms with E-state index in [0.717, 1.165) is 49.5 Å². The zero-order valence-electron chi connectivity index (χ0n) is 14.3. The minimum absolute atomic E-state index is 0.0484. The van der Waals surface area contributed by atoms with Gasteiger partial charge in [-0.05, 0) is 55.5 Å². The van der Waals surface area contributed by atoms with Crippen LogP contribution in [0.4, 0.5) is 16.3 Å². The minimum Gasteiger partial charge on any atom is -0.355 e. The first kappa shape index (κ1) is 15.9. The van der Waals surface area contributed by atoms with Crippen LogP contribution in [0.3, 0.4) is 0 Å². The third-order valence-electron chi connectivity index (χ3n) is 5.04. The average Bonchev–Trinajstić information content (AvgIpc) is 3.35. The molecule has 2 aromatic heterocycles. The van der Waals surface area contributed by atoms with Gasteiger partial charge < -0.3 is 15.1 Å². The lowest BCUT2D eigenvalue weighted by Gasteiger charge is -2.26. The van der Waals surface area contributed by atoms with Gasteiger partial charge in [0.25, 0.3) is 0 Å². The van der Waals surface area contributed by atoms with Crippen LogP contribution in [0, 0.1) is 0 Å². The van der Waals surface area contributed by atoms with Crippen LogP contribution >= 0.6 is 0 Å². The maximum Gasteiger partial charge on any atom is 0.322 e. The molecule has 1 atom stereocenters. The van der Waals surface area contributed by atoms with E-state index in [4.69, 9.17) is 0 Å². The van der Waals surface area contributed by atoms with E-state index in [2.05, 4.69) is 20.2 Å². The van der Waals surface area contributed by atoms with Crippen LogP contribution in [0.25, 0.3) is 0 Å². The Hall–Kier alpha value is -2.63. The fourth-order valence-corrected chi connectivity index (χ4v) is 3.80. The van der Waals surface area contributed by atoms with Gasteiger partial charge in [-0.25, -0.2) is 9.78 Å². The number of pyridine rings is 2. The highest BCUT2D eigenvalue weighted by molar-refractivity contribution is 5.92. The molecule has 2 aromatic rings. The highest BCUT2D eigenvalue weighted by Gasteiger charge is 2.30. The molecule has 2 aliphatic rings. The number of carbonyl (C=O) groups is 1. The molecule has 0 radical (unpaired) electrons. The smallest absolute Gasteiger partial charge is 0.322 e. The van der Waals surface area contributed by atoms with E-state index in [1.165, 1.54) is 12.8 Å². The van der Waals surface area contributed by atoms with Crippen molar-refractivity contribution in [2.24, 2.45) is 0 Å². The SMILES string of the molecule is O=C(Nc1cccnc1N1CCCC1)N1CCC[C@H]1c1ccncc1. The standard InChI is InChI=1S/C19H23N5O/c25-19(24-14-4-6-17(24)15-7-10-20-11-8-15)22-16-5-3-9-21-18(16)23-12-1-2-13-23/h3,5,7-11,17H,1-2,4,6,12-14H2,(H,22,25)/t17-/m0/s1. The largest absolute Gasteiger partial charge is 0.355 e. The highest BCUT2D eigenvalue weighted by atomic mass is 16.2. The minimum atomic E-state index is -0.0484. The fourth-order valence-electron chi connectivity index (χ4n) is 3.80. The third kappa shape index (κ3) is 3.29. The van der Waals surface area contributed by atoms with E-state index < -0.39 is 0 Å². The van der Waals surface area contributed by atoms with Crippen LogP contribution in [-0.4, -0.2) is 40.5 Å². The van der Waals surface area contributed by atoms with Crippen LogP contribution in [0.1, 0.15) is 37.3 Å². The molecule has 6 nitrogen and oxygen atoms in total. The Bertz CT molecular complexity index is 730. The fraction of sp³-hybridized carbons (Fsp3) is 0.421. The average molecular weight is 337 g/mol. The first-order valence-corrected chi connectivity index (χ1v) is 9.00. The molecule has 2 aliphatic heterocycles. The Kier molecular flexibility index (Phi) is 4.50. The van der Waals surface area contributed by atoms with Crippen LogP contribution in [-0.2, 0) is 0 Å². The van der Waals surface area contributed by atoms with Gasteiger partial charge in [-0.1, -0.05) is 0 Å². The Balaban J connectivity index is 1.52. The van der Waals surface area contributed by atoms with Crippen molar-refractivity contribution in [2.45, 2.75) is 31.7 Å². The molecule has 6 heteroatoms. The highest BCUT2D eigenvalue weighted by Crippen LogP contribution is 2.33. The number of hydrogen-bond donors (Lipinski definition) is 1. The summed E-state index contributed by atoms with van der Waals surface area (Å²) in [5, 5.41) is 3.10. The lowest BCUT2D eigenvalue weighted by Crippen LogP contribution is -2.35. The Labute approximate surface area is 147 Å². The normalized spacial score (nSPS) is 20.1. The summed E-state index contributed by atoms with van der Waals surface area (Å²) >= 11 is 0. The molecule has 130 valence electrons. The van der Waals surface area contributed by atoms with Crippen molar-refractivity contribution in [3.8, 4) is 0 Å². The van der Waals surface area contributed by atoms with E-state index in [1.807, 2.05) is 29.2 Å². The van der Waals surface area contributed by atoms with Gasteiger partial charge >= 0.3 is 6.03 Å². The van der Waals surface area contributed by atoms with Crippen LogP contribution < -0.4 is 10.2 Å². The number of amides is 2. The number of anilines is 2. The lowest BCUT2D eigenvalue weighted by atomic mass is 10.1. The number of carbonyl (C=O) groups excluding carboxylic acids is 1. The quantitative estimate of drug-likeness (QED) is 0.932. The number of urea groups is 1. The topological polar surface area (TPSA) is 61.4 Å². The molecule has 0 saturated carbocycles. The summed E-state index contributed by atoms with van der Waals surface area (Å²) in [5.74, 6) is 0.882. The van der Waals surface area contributed by atoms with Crippen molar-refractivity contribution in [3.63, 3.8) is 0 Å². The number of aromatic nitrogens is 2. The van der Waals surface area contributed by atoms with Gasteiger partial charge in [0.2, 0.25) is 0 Å². The molecule has 4 heterocycles. The number of likely N-dealkylation sites (tertiary alicyclic amines) is 1.